The molecule has 3 heterocycles. The number of fused-ring (bicyclic) bond motifs is 1. The average Bonchev–Trinajstić information content (AvgIpc) is 3.80. The van der Waals surface area contributed by atoms with Crippen molar-refractivity contribution in [3.05, 3.63) is 138 Å². The van der Waals surface area contributed by atoms with Crippen LogP contribution >= 0.6 is 0 Å². The number of rotatable bonds is 11. The topological polar surface area (TPSA) is 97.7 Å². The molecule has 0 aliphatic rings. The number of hydrogen-bond donors (Lipinski definition) is 0. The van der Waals surface area contributed by atoms with Crippen LogP contribution in [0.2, 0.25) is 0 Å². The van der Waals surface area contributed by atoms with Crippen molar-refractivity contribution in [3.8, 4) is 22.9 Å². The third kappa shape index (κ3) is 6.30. The molecule has 45 heavy (non-hydrogen) atoms. The van der Waals surface area contributed by atoms with Gasteiger partial charge in [-0.15, -0.1) is 10.2 Å². The van der Waals surface area contributed by atoms with E-state index in [2.05, 4.69) is 74.6 Å². The first kappa shape index (κ1) is 28.0. The van der Waals surface area contributed by atoms with Crippen LogP contribution in [-0.4, -0.2) is 46.6 Å². The van der Waals surface area contributed by atoms with Crippen LogP contribution in [0.15, 0.2) is 109 Å². The van der Waals surface area contributed by atoms with Crippen LogP contribution in [0.3, 0.4) is 0 Å². The van der Waals surface area contributed by atoms with Crippen LogP contribution < -0.4 is 9.47 Å². The molecule has 224 valence electrons. The van der Waals surface area contributed by atoms with Crippen LogP contribution in [0.1, 0.15) is 28.1 Å². The fraction of sp³-hybridized carbons (Fsp3) is 0.171. The average molecular weight is 597 g/mol. The van der Waals surface area contributed by atoms with Crippen molar-refractivity contribution in [2.45, 2.75) is 33.2 Å². The summed E-state index contributed by atoms with van der Waals surface area (Å²) in [5.74, 6) is 2.02. The van der Waals surface area contributed by atoms with Gasteiger partial charge in [0.15, 0.2) is 11.5 Å². The molecule has 0 saturated carbocycles. The Labute approximate surface area is 260 Å². The van der Waals surface area contributed by atoms with Crippen LogP contribution in [-0.2, 0) is 26.2 Å². The van der Waals surface area contributed by atoms with E-state index < -0.39 is 0 Å². The third-order valence-corrected chi connectivity index (χ3v) is 7.57. The highest BCUT2D eigenvalue weighted by Crippen LogP contribution is 2.34. The Morgan fingerprint density at radius 3 is 2.02 bits per heavy atom. The Balaban J connectivity index is 1.12. The van der Waals surface area contributed by atoms with Crippen molar-refractivity contribution < 1.29 is 9.47 Å². The first-order chi connectivity index (χ1) is 22.1. The number of imidazole rings is 1. The number of hydrogen-bond acceptors (Lipinski definition) is 7. The van der Waals surface area contributed by atoms with Gasteiger partial charge in [-0.3, -0.25) is 0 Å². The van der Waals surface area contributed by atoms with E-state index in [9.17, 15) is 0 Å². The molecule has 7 aromatic rings. The number of methoxy groups -OCH3 is 1. The SMILES string of the molecule is COc1cc(-c2nc3cc(C)ccc3n2Cc2cn(Cc3ccccc3)nn2)ccc1OCc1cn(Cc2ccccc2)nn1. The summed E-state index contributed by atoms with van der Waals surface area (Å²) in [5, 5.41) is 17.4. The smallest absolute Gasteiger partial charge is 0.161 e. The highest BCUT2D eigenvalue weighted by Gasteiger charge is 2.17. The molecule has 3 aromatic heterocycles. The van der Waals surface area contributed by atoms with Crippen molar-refractivity contribution in [2.75, 3.05) is 7.11 Å². The zero-order valence-corrected chi connectivity index (χ0v) is 25.1. The number of nitrogens with zero attached hydrogens (tertiary/aromatic N) is 8. The second-order valence-electron chi connectivity index (χ2n) is 11.0. The van der Waals surface area contributed by atoms with Gasteiger partial charge in [-0.25, -0.2) is 14.3 Å². The van der Waals surface area contributed by atoms with E-state index in [1.54, 1.807) is 11.8 Å². The number of aromatic nitrogens is 8. The molecule has 0 radical (unpaired) electrons. The molecule has 0 saturated heterocycles. The number of benzene rings is 4. The van der Waals surface area contributed by atoms with E-state index in [1.165, 1.54) is 5.56 Å². The summed E-state index contributed by atoms with van der Waals surface area (Å²) >= 11 is 0. The summed E-state index contributed by atoms with van der Waals surface area (Å²) in [4.78, 5) is 5.04. The van der Waals surface area contributed by atoms with E-state index in [-0.39, 0.29) is 6.61 Å². The van der Waals surface area contributed by atoms with Crippen molar-refractivity contribution >= 4 is 11.0 Å². The van der Waals surface area contributed by atoms with Gasteiger partial charge in [0.1, 0.15) is 23.8 Å². The van der Waals surface area contributed by atoms with Gasteiger partial charge in [-0.2, -0.15) is 0 Å². The number of ether oxygens (including phenoxy) is 2. The molecule has 0 amide bonds. The molecule has 0 bridgehead atoms. The van der Waals surface area contributed by atoms with Gasteiger partial charge in [0.2, 0.25) is 0 Å². The van der Waals surface area contributed by atoms with Gasteiger partial charge in [-0.05, 0) is 53.9 Å². The molecule has 10 nitrogen and oxygen atoms in total. The zero-order chi connectivity index (χ0) is 30.6. The molecular formula is C35H32N8O2. The highest BCUT2D eigenvalue weighted by molar-refractivity contribution is 5.82. The Kier molecular flexibility index (Phi) is 7.76. The third-order valence-electron chi connectivity index (χ3n) is 7.57. The molecule has 0 N–H and O–H groups in total. The lowest BCUT2D eigenvalue weighted by atomic mass is 10.2. The van der Waals surface area contributed by atoms with Crippen molar-refractivity contribution in [3.63, 3.8) is 0 Å². The van der Waals surface area contributed by atoms with Gasteiger partial charge in [-0.1, -0.05) is 77.2 Å². The fourth-order valence-corrected chi connectivity index (χ4v) is 5.37. The lowest BCUT2D eigenvalue weighted by Crippen LogP contribution is -2.04. The van der Waals surface area contributed by atoms with Gasteiger partial charge in [0.05, 0.1) is 50.2 Å². The van der Waals surface area contributed by atoms with E-state index >= 15 is 0 Å². The van der Waals surface area contributed by atoms with Gasteiger partial charge >= 0.3 is 0 Å². The Morgan fingerprint density at radius 1 is 0.667 bits per heavy atom. The monoisotopic (exact) mass is 596 g/mol. The largest absolute Gasteiger partial charge is 0.493 e. The highest BCUT2D eigenvalue weighted by atomic mass is 16.5. The quantitative estimate of drug-likeness (QED) is 0.183. The number of aryl methyl sites for hydroxylation is 1. The predicted molar refractivity (Wildman–Crippen MR) is 171 cm³/mol. The van der Waals surface area contributed by atoms with E-state index in [0.717, 1.165) is 44.9 Å². The molecule has 0 aliphatic heterocycles. The minimum absolute atomic E-state index is 0.265. The maximum atomic E-state index is 6.13. The lowest BCUT2D eigenvalue weighted by Gasteiger charge is -2.12. The maximum absolute atomic E-state index is 6.13. The molecule has 7 rings (SSSR count). The lowest BCUT2D eigenvalue weighted by molar-refractivity contribution is 0.280. The van der Waals surface area contributed by atoms with Crippen LogP contribution in [0.25, 0.3) is 22.4 Å². The van der Waals surface area contributed by atoms with Crippen LogP contribution in [0, 0.1) is 6.92 Å². The predicted octanol–water partition coefficient (Wildman–Crippen LogP) is 5.93. The van der Waals surface area contributed by atoms with Crippen LogP contribution in [0.5, 0.6) is 11.5 Å². The molecule has 0 aliphatic carbocycles. The van der Waals surface area contributed by atoms with Crippen LogP contribution in [0.4, 0.5) is 0 Å². The van der Waals surface area contributed by atoms with Crippen molar-refractivity contribution in [2.24, 2.45) is 0 Å². The summed E-state index contributed by atoms with van der Waals surface area (Å²) in [6, 6.07) is 32.6. The normalized spacial score (nSPS) is 11.2. The first-order valence-electron chi connectivity index (χ1n) is 14.8. The standard InChI is InChI=1S/C35H32N8O2/c1-25-13-15-32-31(17-25)36-35(43(32)23-29-21-41(39-37-29)19-26-9-5-3-6-10-26)28-14-16-33(34(18-28)44-2)45-24-30-22-42(40-38-30)20-27-11-7-4-8-12-27/h3-18,21-22H,19-20,23-24H2,1-2H3. The molecule has 10 heteroatoms. The molecule has 0 fully saturated rings. The van der Waals surface area contributed by atoms with E-state index in [1.807, 2.05) is 71.7 Å². The summed E-state index contributed by atoms with van der Waals surface area (Å²) in [5.41, 5.74) is 7.89. The molecule has 0 atom stereocenters. The van der Waals surface area contributed by atoms with Gasteiger partial charge in [0.25, 0.3) is 0 Å². The summed E-state index contributed by atoms with van der Waals surface area (Å²) < 4.78 is 17.7. The second kappa shape index (κ2) is 12.5. The van der Waals surface area contributed by atoms with E-state index in [0.29, 0.717) is 31.1 Å². The molecule has 4 aromatic carbocycles. The minimum atomic E-state index is 0.265. The minimum Gasteiger partial charge on any atom is -0.493 e. The van der Waals surface area contributed by atoms with Gasteiger partial charge < -0.3 is 14.0 Å². The summed E-state index contributed by atoms with van der Waals surface area (Å²) in [6.45, 7) is 4.16. The Hall–Kier alpha value is -5.77. The summed E-state index contributed by atoms with van der Waals surface area (Å²) in [7, 11) is 1.64. The Morgan fingerprint density at radius 2 is 1.33 bits per heavy atom. The van der Waals surface area contributed by atoms with Gasteiger partial charge in [0, 0.05) is 5.56 Å². The Bertz CT molecular complexity index is 2050. The maximum Gasteiger partial charge on any atom is 0.161 e. The van der Waals surface area contributed by atoms with E-state index in [4.69, 9.17) is 14.5 Å². The summed E-state index contributed by atoms with van der Waals surface area (Å²) in [6.07, 6.45) is 3.89. The zero-order valence-electron chi connectivity index (χ0n) is 25.1. The molecule has 0 spiro atoms. The van der Waals surface area contributed by atoms with Crippen molar-refractivity contribution in [1.82, 2.24) is 39.5 Å². The van der Waals surface area contributed by atoms with Crippen molar-refractivity contribution in [1.29, 1.82) is 0 Å². The second-order valence-corrected chi connectivity index (χ2v) is 11.0. The fourth-order valence-electron chi connectivity index (χ4n) is 5.37. The first-order valence-corrected chi connectivity index (χ1v) is 14.8. The molecular weight excluding hydrogens is 564 g/mol. The molecule has 0 unspecified atom stereocenters.